The maximum absolute atomic E-state index is 9.81. The van der Waals surface area contributed by atoms with Crippen molar-refractivity contribution in [1.82, 2.24) is 0 Å². The molecule has 2 rings (SSSR count). The van der Waals surface area contributed by atoms with E-state index in [-0.39, 0.29) is 5.78 Å². The molecule has 1 aliphatic heterocycles. The summed E-state index contributed by atoms with van der Waals surface area (Å²) in [6.07, 6.45) is 0.667. The van der Waals surface area contributed by atoms with E-state index >= 15 is 0 Å². The fourth-order valence-corrected chi connectivity index (χ4v) is 0.974. The number of Topliss-reactive ketones (excluding diaryl/α,β-unsaturated/α-hetero) is 1. The van der Waals surface area contributed by atoms with E-state index in [1.54, 1.807) is 6.92 Å². The van der Waals surface area contributed by atoms with Crippen LogP contribution in [-0.2, 0) is 14.3 Å². The summed E-state index contributed by atoms with van der Waals surface area (Å²) >= 11 is 0. The van der Waals surface area contributed by atoms with Crippen molar-refractivity contribution in [3.63, 3.8) is 0 Å². The third-order valence-electron chi connectivity index (χ3n) is 2.18. The Labute approximate surface area is 110 Å². The molecule has 1 aromatic rings. The highest BCUT2D eigenvalue weighted by Crippen LogP contribution is 1.92. The zero-order valence-corrected chi connectivity index (χ0v) is 11.6. The van der Waals surface area contributed by atoms with Crippen LogP contribution in [0.2, 0.25) is 0 Å². The number of ketones is 1. The van der Waals surface area contributed by atoms with Crippen molar-refractivity contribution in [2.75, 3.05) is 26.4 Å². The van der Waals surface area contributed by atoms with Crippen LogP contribution in [0.15, 0.2) is 30.3 Å². The van der Waals surface area contributed by atoms with Gasteiger partial charge >= 0.3 is 0 Å². The lowest BCUT2D eigenvalue weighted by Crippen LogP contribution is -2.16. The van der Waals surface area contributed by atoms with Crippen LogP contribution in [0.3, 0.4) is 0 Å². The molecule has 1 aromatic carbocycles. The van der Waals surface area contributed by atoms with E-state index in [1.165, 1.54) is 5.56 Å². The molecule has 1 aliphatic rings. The molecule has 0 aromatic heterocycles. The number of hydrogen-bond donors (Lipinski definition) is 0. The molecule has 0 aliphatic carbocycles. The Balaban J connectivity index is 0.000000245. The van der Waals surface area contributed by atoms with E-state index in [9.17, 15) is 4.79 Å². The summed E-state index contributed by atoms with van der Waals surface area (Å²) in [6.45, 7) is 8.63. The van der Waals surface area contributed by atoms with Crippen LogP contribution in [0.25, 0.3) is 0 Å². The Hall–Kier alpha value is -1.19. The van der Waals surface area contributed by atoms with E-state index in [4.69, 9.17) is 9.47 Å². The van der Waals surface area contributed by atoms with Crippen LogP contribution in [0.4, 0.5) is 0 Å². The molecule has 18 heavy (non-hydrogen) atoms. The summed E-state index contributed by atoms with van der Waals surface area (Å²) in [5.74, 6) is 0.255. The molecule has 0 unspecified atom stereocenters. The van der Waals surface area contributed by atoms with Crippen LogP contribution in [0.1, 0.15) is 25.8 Å². The first-order valence-corrected chi connectivity index (χ1v) is 6.33. The number of ether oxygens (including phenoxy) is 2. The van der Waals surface area contributed by atoms with E-state index in [2.05, 4.69) is 19.1 Å². The monoisotopic (exact) mass is 252 g/mol. The average molecular weight is 252 g/mol. The summed E-state index contributed by atoms with van der Waals surface area (Å²) < 4.78 is 9.89. The van der Waals surface area contributed by atoms with E-state index in [1.807, 2.05) is 25.1 Å². The van der Waals surface area contributed by atoms with Gasteiger partial charge in [0, 0.05) is 6.42 Å². The zero-order chi connectivity index (χ0) is 13.6. The highest BCUT2D eigenvalue weighted by atomic mass is 16.6. The first-order chi connectivity index (χ1) is 8.66. The second-order valence-corrected chi connectivity index (χ2v) is 3.94. The smallest absolute Gasteiger partial charge is 0.129 e. The molecular weight excluding hydrogens is 228 g/mol. The molecule has 1 fully saturated rings. The molecule has 0 radical (unpaired) electrons. The lowest BCUT2D eigenvalue weighted by atomic mass is 10.2. The fraction of sp³-hybridized carbons (Fsp3) is 0.533. The molecule has 0 saturated carbocycles. The van der Waals surface area contributed by atoms with Gasteiger partial charge in [-0.25, -0.2) is 0 Å². The Morgan fingerprint density at radius 1 is 1.06 bits per heavy atom. The largest absolute Gasteiger partial charge is 0.377 e. The van der Waals surface area contributed by atoms with Crippen molar-refractivity contribution in [3.8, 4) is 0 Å². The molecular formula is C15H24O3. The van der Waals surface area contributed by atoms with Crippen LogP contribution >= 0.6 is 0 Å². The van der Waals surface area contributed by atoms with Gasteiger partial charge < -0.3 is 14.3 Å². The topological polar surface area (TPSA) is 35.5 Å². The third-order valence-corrected chi connectivity index (χ3v) is 2.18. The van der Waals surface area contributed by atoms with Crippen molar-refractivity contribution in [2.24, 2.45) is 0 Å². The molecule has 0 amide bonds. The standard InChI is InChI=1S/C7H8.C4H8O2.C4H8O/c1-7-5-3-2-4-6-7;1-2-6-4-3-5-1;1-3-4(2)5/h2-6H,1H3;1-4H2;3H2,1-2H3. The molecule has 0 spiro atoms. The van der Waals surface area contributed by atoms with Crippen LogP contribution in [0.5, 0.6) is 0 Å². The van der Waals surface area contributed by atoms with E-state index < -0.39 is 0 Å². The maximum Gasteiger partial charge on any atom is 0.129 e. The zero-order valence-electron chi connectivity index (χ0n) is 11.6. The predicted octanol–water partition coefficient (Wildman–Crippen LogP) is 3.01. The number of carbonyl (C=O) groups is 1. The van der Waals surface area contributed by atoms with Gasteiger partial charge in [-0.15, -0.1) is 0 Å². The van der Waals surface area contributed by atoms with Gasteiger partial charge in [0.25, 0.3) is 0 Å². The van der Waals surface area contributed by atoms with Crippen LogP contribution in [0, 0.1) is 6.92 Å². The summed E-state index contributed by atoms with van der Waals surface area (Å²) in [5, 5.41) is 0. The first kappa shape index (κ1) is 16.8. The molecule has 1 heterocycles. The summed E-state index contributed by atoms with van der Waals surface area (Å²) in [5.41, 5.74) is 1.32. The minimum absolute atomic E-state index is 0.255. The average Bonchev–Trinajstić information content (AvgIpc) is 2.43. The lowest BCUT2D eigenvalue weighted by Gasteiger charge is -2.09. The number of aryl methyl sites for hydroxylation is 1. The van der Waals surface area contributed by atoms with Gasteiger partial charge in [-0.2, -0.15) is 0 Å². The minimum atomic E-state index is 0.255. The van der Waals surface area contributed by atoms with Crippen molar-refractivity contribution in [2.45, 2.75) is 27.2 Å². The van der Waals surface area contributed by atoms with Crippen molar-refractivity contribution < 1.29 is 14.3 Å². The maximum atomic E-state index is 9.81. The van der Waals surface area contributed by atoms with Crippen LogP contribution in [-0.4, -0.2) is 32.2 Å². The number of hydrogen-bond acceptors (Lipinski definition) is 3. The molecule has 1 saturated heterocycles. The normalized spacial score (nSPS) is 13.5. The van der Waals surface area contributed by atoms with E-state index in [0.717, 1.165) is 26.4 Å². The van der Waals surface area contributed by atoms with Gasteiger partial charge in [-0.3, -0.25) is 0 Å². The van der Waals surface area contributed by atoms with Crippen molar-refractivity contribution in [1.29, 1.82) is 0 Å². The second-order valence-electron chi connectivity index (χ2n) is 3.94. The Morgan fingerprint density at radius 2 is 1.44 bits per heavy atom. The molecule has 0 N–H and O–H groups in total. The molecule has 3 nitrogen and oxygen atoms in total. The van der Waals surface area contributed by atoms with Crippen molar-refractivity contribution >= 4 is 5.78 Å². The Kier molecular flexibility index (Phi) is 11.5. The van der Waals surface area contributed by atoms with Gasteiger partial charge in [0.2, 0.25) is 0 Å². The third kappa shape index (κ3) is 12.9. The second kappa shape index (κ2) is 12.3. The number of benzene rings is 1. The number of carbonyl (C=O) groups excluding carboxylic acids is 1. The number of rotatable bonds is 1. The van der Waals surface area contributed by atoms with Gasteiger partial charge in [0.1, 0.15) is 5.78 Å². The fourth-order valence-electron chi connectivity index (χ4n) is 0.974. The highest BCUT2D eigenvalue weighted by Gasteiger charge is 1.94. The van der Waals surface area contributed by atoms with Crippen LogP contribution < -0.4 is 0 Å². The Morgan fingerprint density at radius 3 is 1.61 bits per heavy atom. The molecule has 0 bridgehead atoms. The summed E-state index contributed by atoms with van der Waals surface area (Å²) in [7, 11) is 0. The summed E-state index contributed by atoms with van der Waals surface area (Å²) in [4.78, 5) is 9.81. The first-order valence-electron chi connectivity index (χ1n) is 6.33. The Bertz CT molecular complexity index is 280. The highest BCUT2D eigenvalue weighted by molar-refractivity contribution is 5.74. The minimum Gasteiger partial charge on any atom is -0.377 e. The molecule has 3 heteroatoms. The predicted molar refractivity (Wildman–Crippen MR) is 73.8 cm³/mol. The molecule has 102 valence electrons. The van der Waals surface area contributed by atoms with Gasteiger partial charge in [0.15, 0.2) is 0 Å². The van der Waals surface area contributed by atoms with Gasteiger partial charge in [0.05, 0.1) is 26.4 Å². The SMILES string of the molecule is C1COCCO1.CCC(C)=O.Cc1ccccc1. The van der Waals surface area contributed by atoms with E-state index in [0.29, 0.717) is 6.42 Å². The summed E-state index contributed by atoms with van der Waals surface area (Å²) in [6, 6.07) is 10.3. The quantitative estimate of drug-likeness (QED) is 0.770. The lowest BCUT2D eigenvalue weighted by molar-refractivity contribution is -0.116. The molecule has 0 atom stereocenters. The van der Waals surface area contributed by atoms with Crippen molar-refractivity contribution in [3.05, 3.63) is 35.9 Å². The van der Waals surface area contributed by atoms with Gasteiger partial charge in [-0.05, 0) is 13.8 Å². The van der Waals surface area contributed by atoms with Gasteiger partial charge in [-0.1, -0.05) is 42.8 Å².